The third-order valence-corrected chi connectivity index (χ3v) is 5.83. The molecular formula is C25H21N3O4. The van der Waals surface area contributed by atoms with Crippen molar-refractivity contribution in [3.63, 3.8) is 0 Å². The number of hydrogen-bond acceptors (Lipinski definition) is 4. The molecular weight excluding hydrogens is 406 g/mol. The van der Waals surface area contributed by atoms with E-state index in [0.717, 1.165) is 16.0 Å². The van der Waals surface area contributed by atoms with Crippen molar-refractivity contribution >= 4 is 23.5 Å². The molecule has 0 bridgehead atoms. The van der Waals surface area contributed by atoms with Crippen LogP contribution >= 0.6 is 0 Å². The van der Waals surface area contributed by atoms with Gasteiger partial charge in [-0.2, -0.15) is 0 Å². The zero-order valence-corrected chi connectivity index (χ0v) is 17.2. The van der Waals surface area contributed by atoms with Crippen LogP contribution in [-0.4, -0.2) is 35.9 Å². The first-order valence-corrected chi connectivity index (χ1v) is 10.4. The zero-order chi connectivity index (χ0) is 22.1. The second kappa shape index (κ2) is 7.85. The first-order valence-electron chi connectivity index (χ1n) is 10.4. The van der Waals surface area contributed by atoms with Gasteiger partial charge >= 0.3 is 6.03 Å². The Kier molecular flexibility index (Phi) is 4.86. The van der Waals surface area contributed by atoms with Gasteiger partial charge in [0.25, 0.3) is 5.91 Å². The third-order valence-electron chi connectivity index (χ3n) is 5.83. The number of nitrogens with zero attached hydrogens (tertiary/aromatic N) is 1. The number of amides is 4. The Hall–Kier alpha value is -4.13. The molecule has 1 spiro atoms. The highest BCUT2D eigenvalue weighted by Crippen LogP contribution is 2.40. The van der Waals surface area contributed by atoms with Crippen molar-refractivity contribution in [2.45, 2.75) is 12.0 Å². The van der Waals surface area contributed by atoms with Gasteiger partial charge in [-0.05, 0) is 29.3 Å². The van der Waals surface area contributed by atoms with E-state index in [-0.39, 0.29) is 6.54 Å². The summed E-state index contributed by atoms with van der Waals surface area (Å²) in [5, 5.41) is 5.56. The lowest BCUT2D eigenvalue weighted by molar-refractivity contribution is -0.135. The maximum absolute atomic E-state index is 13.3. The summed E-state index contributed by atoms with van der Waals surface area (Å²) in [5.74, 6) is -0.316. The number of ether oxygens (including phenoxy) is 1. The Morgan fingerprint density at radius 3 is 2.41 bits per heavy atom. The van der Waals surface area contributed by atoms with Gasteiger partial charge in [-0.25, -0.2) is 4.79 Å². The normalized spacial score (nSPS) is 19.3. The average Bonchev–Trinajstić information content (AvgIpc) is 3.05. The number of anilines is 1. The summed E-state index contributed by atoms with van der Waals surface area (Å²) < 4.78 is 5.63. The Labute approximate surface area is 185 Å². The monoisotopic (exact) mass is 427 g/mol. The van der Waals surface area contributed by atoms with Crippen LogP contribution in [0.1, 0.15) is 12.0 Å². The molecule has 0 aliphatic carbocycles. The number of para-hydroxylation sites is 1. The van der Waals surface area contributed by atoms with Crippen molar-refractivity contribution in [2.24, 2.45) is 0 Å². The topological polar surface area (TPSA) is 87.7 Å². The number of benzene rings is 3. The van der Waals surface area contributed by atoms with Gasteiger partial charge in [-0.1, -0.05) is 60.7 Å². The van der Waals surface area contributed by atoms with Crippen molar-refractivity contribution in [3.05, 3.63) is 84.4 Å². The molecule has 5 rings (SSSR count). The van der Waals surface area contributed by atoms with E-state index < -0.39 is 23.4 Å². The summed E-state index contributed by atoms with van der Waals surface area (Å²) in [6, 6.07) is 23.9. The van der Waals surface area contributed by atoms with Crippen LogP contribution in [-0.2, 0) is 15.1 Å². The van der Waals surface area contributed by atoms with E-state index in [9.17, 15) is 14.4 Å². The van der Waals surface area contributed by atoms with E-state index >= 15 is 0 Å². The summed E-state index contributed by atoms with van der Waals surface area (Å²) in [6.07, 6.45) is 0.313. The second-order valence-electron chi connectivity index (χ2n) is 7.81. The van der Waals surface area contributed by atoms with E-state index in [2.05, 4.69) is 10.6 Å². The number of urea groups is 1. The molecule has 2 aliphatic heterocycles. The van der Waals surface area contributed by atoms with Crippen LogP contribution in [0.3, 0.4) is 0 Å². The summed E-state index contributed by atoms with van der Waals surface area (Å²) in [4.78, 5) is 39.5. The van der Waals surface area contributed by atoms with E-state index in [4.69, 9.17) is 4.74 Å². The molecule has 32 heavy (non-hydrogen) atoms. The molecule has 3 aromatic rings. The summed E-state index contributed by atoms with van der Waals surface area (Å²) >= 11 is 0. The van der Waals surface area contributed by atoms with Crippen molar-refractivity contribution in [3.8, 4) is 16.9 Å². The lowest BCUT2D eigenvalue weighted by atomic mass is 9.84. The predicted octanol–water partition coefficient (Wildman–Crippen LogP) is 3.52. The number of fused-ring (bicyclic) bond motifs is 2. The van der Waals surface area contributed by atoms with Gasteiger partial charge in [0.15, 0.2) is 5.54 Å². The Bertz CT molecular complexity index is 1190. The fourth-order valence-electron chi connectivity index (χ4n) is 4.24. The lowest BCUT2D eigenvalue weighted by Gasteiger charge is -2.33. The van der Waals surface area contributed by atoms with Gasteiger partial charge < -0.3 is 15.4 Å². The fraction of sp³-hybridized carbons (Fsp3) is 0.160. The quantitative estimate of drug-likeness (QED) is 0.624. The summed E-state index contributed by atoms with van der Waals surface area (Å²) in [5.41, 5.74) is 2.12. The zero-order valence-electron chi connectivity index (χ0n) is 17.2. The van der Waals surface area contributed by atoms with Crippen LogP contribution in [0.15, 0.2) is 78.9 Å². The van der Waals surface area contributed by atoms with Gasteiger partial charge in [0, 0.05) is 17.7 Å². The van der Waals surface area contributed by atoms with Crippen molar-refractivity contribution in [1.82, 2.24) is 10.2 Å². The van der Waals surface area contributed by atoms with Gasteiger partial charge in [-0.3, -0.25) is 14.5 Å². The number of carbonyl (C=O) groups excluding carboxylic acids is 3. The van der Waals surface area contributed by atoms with Gasteiger partial charge in [0.1, 0.15) is 12.3 Å². The van der Waals surface area contributed by atoms with Crippen LogP contribution in [0, 0.1) is 0 Å². The largest absolute Gasteiger partial charge is 0.493 e. The molecule has 2 heterocycles. The van der Waals surface area contributed by atoms with Crippen molar-refractivity contribution in [1.29, 1.82) is 0 Å². The minimum atomic E-state index is -1.19. The van der Waals surface area contributed by atoms with Crippen LogP contribution in [0.4, 0.5) is 10.5 Å². The number of imide groups is 1. The van der Waals surface area contributed by atoms with E-state index in [1.54, 1.807) is 30.3 Å². The fourth-order valence-corrected chi connectivity index (χ4v) is 4.24. The average molecular weight is 427 g/mol. The highest BCUT2D eigenvalue weighted by atomic mass is 16.5. The summed E-state index contributed by atoms with van der Waals surface area (Å²) in [6.45, 7) is -0.0628. The number of carbonyl (C=O) groups is 3. The molecule has 0 unspecified atom stereocenters. The van der Waals surface area contributed by atoms with Gasteiger partial charge in [0.05, 0.1) is 6.61 Å². The first-order chi connectivity index (χ1) is 15.6. The molecule has 160 valence electrons. The van der Waals surface area contributed by atoms with Crippen molar-refractivity contribution in [2.75, 3.05) is 18.5 Å². The molecule has 7 nitrogen and oxygen atoms in total. The van der Waals surface area contributed by atoms with E-state index in [0.29, 0.717) is 30.0 Å². The van der Waals surface area contributed by atoms with Crippen LogP contribution in [0.5, 0.6) is 5.75 Å². The lowest BCUT2D eigenvalue weighted by Crippen LogP contribution is -2.48. The molecule has 0 aromatic heterocycles. The molecule has 0 radical (unpaired) electrons. The molecule has 4 amide bonds. The maximum atomic E-state index is 13.3. The van der Waals surface area contributed by atoms with Crippen molar-refractivity contribution < 1.29 is 19.1 Å². The van der Waals surface area contributed by atoms with Crippen LogP contribution in [0.25, 0.3) is 11.1 Å². The standard InChI is InChI=1S/C25H21N3O4/c29-22(26-19-12-10-18(11-13-19)17-6-2-1-3-7-17)16-28-23(30)25(27-24(28)31)14-15-32-21-9-5-4-8-20(21)25/h1-13H,14-16H2,(H,26,29)(H,27,31)/t25-/m0/s1. The highest BCUT2D eigenvalue weighted by molar-refractivity contribution is 6.10. The van der Waals surface area contributed by atoms with E-state index in [1.807, 2.05) is 48.5 Å². The van der Waals surface area contributed by atoms with Crippen LogP contribution in [0.2, 0.25) is 0 Å². The smallest absolute Gasteiger partial charge is 0.325 e. The minimum absolute atomic E-state index is 0.302. The molecule has 3 aromatic carbocycles. The first kappa shape index (κ1) is 19.8. The Balaban J connectivity index is 1.29. The Morgan fingerprint density at radius 2 is 1.62 bits per heavy atom. The molecule has 1 fully saturated rings. The molecule has 1 atom stereocenters. The number of rotatable bonds is 4. The SMILES string of the molecule is O=C(CN1C(=O)N[C@]2(CCOc3ccccc32)C1=O)Nc1ccc(-c2ccccc2)cc1. The molecule has 1 saturated heterocycles. The maximum Gasteiger partial charge on any atom is 0.325 e. The summed E-state index contributed by atoms with van der Waals surface area (Å²) in [7, 11) is 0. The third kappa shape index (κ3) is 3.37. The van der Waals surface area contributed by atoms with Crippen LogP contribution < -0.4 is 15.4 Å². The second-order valence-corrected chi connectivity index (χ2v) is 7.81. The van der Waals surface area contributed by atoms with Gasteiger partial charge in [0.2, 0.25) is 5.91 Å². The Morgan fingerprint density at radius 1 is 0.938 bits per heavy atom. The minimum Gasteiger partial charge on any atom is -0.493 e. The molecule has 2 N–H and O–H groups in total. The predicted molar refractivity (Wildman–Crippen MR) is 119 cm³/mol. The number of nitrogens with one attached hydrogen (secondary N) is 2. The van der Waals surface area contributed by atoms with Gasteiger partial charge in [-0.15, -0.1) is 0 Å². The highest BCUT2D eigenvalue weighted by Gasteiger charge is 2.55. The van der Waals surface area contributed by atoms with E-state index in [1.165, 1.54) is 0 Å². The number of hydrogen-bond donors (Lipinski definition) is 2. The molecule has 7 heteroatoms. The molecule has 2 aliphatic rings. The molecule has 0 saturated carbocycles.